The van der Waals surface area contributed by atoms with Gasteiger partial charge in [0.2, 0.25) is 0 Å². The van der Waals surface area contributed by atoms with Crippen molar-refractivity contribution in [2.24, 2.45) is 0 Å². The molecule has 0 bridgehead atoms. The molecule has 35 heavy (non-hydrogen) atoms. The number of anilines is 2. The molecule has 6 nitrogen and oxygen atoms in total. The van der Waals surface area contributed by atoms with Crippen molar-refractivity contribution in [3.8, 4) is 5.75 Å². The largest absolute Gasteiger partial charge is 0.484 e. The van der Waals surface area contributed by atoms with Gasteiger partial charge in [0.25, 0.3) is 5.91 Å². The second-order valence-corrected chi connectivity index (χ2v) is 9.19. The van der Waals surface area contributed by atoms with Gasteiger partial charge in [-0.3, -0.25) is 9.69 Å². The first-order valence-electron chi connectivity index (χ1n) is 12.3. The number of carbonyl (C=O) groups excluding carboxylic acids is 1. The lowest BCUT2D eigenvalue weighted by Gasteiger charge is -2.28. The van der Waals surface area contributed by atoms with Gasteiger partial charge in [0.1, 0.15) is 5.75 Å². The van der Waals surface area contributed by atoms with E-state index in [1.807, 2.05) is 66.4 Å². The van der Waals surface area contributed by atoms with Gasteiger partial charge in [0, 0.05) is 70.8 Å². The molecule has 0 aliphatic carbocycles. The van der Waals surface area contributed by atoms with E-state index in [0.29, 0.717) is 18.8 Å². The summed E-state index contributed by atoms with van der Waals surface area (Å²) in [6.07, 6.45) is 1.04. The van der Waals surface area contributed by atoms with Crippen LogP contribution in [-0.4, -0.2) is 62.6 Å². The zero-order valence-electron chi connectivity index (χ0n) is 20.8. The molecule has 1 heterocycles. The number of benzene rings is 3. The Kier molecular flexibility index (Phi) is 8.63. The molecule has 3 aromatic rings. The fraction of sp³-hybridized carbons (Fsp3) is 0.345. The van der Waals surface area contributed by atoms with Crippen LogP contribution in [0.2, 0.25) is 0 Å². The van der Waals surface area contributed by atoms with Crippen molar-refractivity contribution in [3.05, 3.63) is 90.0 Å². The van der Waals surface area contributed by atoms with E-state index in [1.165, 1.54) is 5.56 Å². The van der Waals surface area contributed by atoms with Crippen LogP contribution in [0.1, 0.15) is 17.5 Å². The van der Waals surface area contributed by atoms with Crippen molar-refractivity contribution in [3.63, 3.8) is 0 Å². The van der Waals surface area contributed by atoms with Crippen LogP contribution in [0.25, 0.3) is 0 Å². The number of fused-ring (bicyclic) bond motifs is 1. The highest BCUT2D eigenvalue weighted by atomic mass is 16.5. The van der Waals surface area contributed by atoms with Crippen LogP contribution < -0.4 is 15.0 Å². The number of amides is 1. The Balaban J connectivity index is 1.48. The maximum absolute atomic E-state index is 13.4. The third kappa shape index (κ3) is 7.23. The average molecular weight is 473 g/mol. The Morgan fingerprint density at radius 1 is 0.943 bits per heavy atom. The molecule has 0 aromatic heterocycles. The summed E-state index contributed by atoms with van der Waals surface area (Å²) in [7, 11) is 3.98. The summed E-state index contributed by atoms with van der Waals surface area (Å²) in [6.45, 7) is 4.80. The van der Waals surface area contributed by atoms with Crippen LogP contribution >= 0.6 is 0 Å². The number of hydrogen-bond acceptors (Lipinski definition) is 5. The lowest BCUT2D eigenvalue weighted by Crippen LogP contribution is -2.40. The first-order valence-corrected chi connectivity index (χ1v) is 12.3. The standard InChI is InChI=1S/C29H36N4O2/c1-31(2)26-13-8-14-27(20-26)35-23-29(34)33-19-18-32(21-24-10-4-3-5-11-24)17-9-16-30-28-15-7-6-12-25(28)22-33/h3-8,10-15,20,30H,9,16-19,21-23H2,1-2H3. The van der Waals surface area contributed by atoms with Gasteiger partial charge < -0.3 is 19.9 Å². The molecule has 0 fully saturated rings. The summed E-state index contributed by atoms with van der Waals surface area (Å²) in [5.41, 5.74) is 4.57. The quantitative estimate of drug-likeness (QED) is 0.573. The van der Waals surface area contributed by atoms with Gasteiger partial charge in [-0.1, -0.05) is 54.6 Å². The first-order chi connectivity index (χ1) is 17.1. The van der Waals surface area contributed by atoms with Crippen LogP contribution in [0.5, 0.6) is 5.75 Å². The minimum absolute atomic E-state index is 0.00559. The molecule has 1 N–H and O–H groups in total. The number of carbonyl (C=O) groups is 1. The minimum Gasteiger partial charge on any atom is -0.484 e. The highest BCUT2D eigenvalue weighted by molar-refractivity contribution is 5.78. The Bertz CT molecular complexity index is 1090. The zero-order chi connectivity index (χ0) is 24.5. The van der Waals surface area contributed by atoms with Crippen molar-refractivity contribution in [1.29, 1.82) is 0 Å². The fourth-order valence-electron chi connectivity index (χ4n) is 4.32. The topological polar surface area (TPSA) is 48.1 Å². The third-order valence-electron chi connectivity index (χ3n) is 6.33. The lowest BCUT2D eigenvalue weighted by atomic mass is 10.1. The smallest absolute Gasteiger partial charge is 0.260 e. The monoisotopic (exact) mass is 472 g/mol. The molecule has 1 aliphatic heterocycles. The molecule has 0 spiro atoms. The van der Waals surface area contributed by atoms with Crippen molar-refractivity contribution >= 4 is 17.3 Å². The predicted octanol–water partition coefficient (Wildman–Crippen LogP) is 4.48. The molecule has 1 aliphatic rings. The van der Waals surface area contributed by atoms with Gasteiger partial charge in [-0.05, 0) is 35.7 Å². The van der Waals surface area contributed by atoms with Crippen molar-refractivity contribution in [1.82, 2.24) is 9.80 Å². The number of nitrogens with one attached hydrogen (secondary N) is 1. The summed E-state index contributed by atoms with van der Waals surface area (Å²) in [4.78, 5) is 19.8. The molecule has 0 radical (unpaired) electrons. The van der Waals surface area contributed by atoms with Crippen LogP contribution in [0.4, 0.5) is 11.4 Å². The van der Waals surface area contributed by atoms with Gasteiger partial charge >= 0.3 is 0 Å². The Morgan fingerprint density at radius 3 is 2.57 bits per heavy atom. The summed E-state index contributed by atoms with van der Waals surface area (Å²) >= 11 is 0. The van der Waals surface area contributed by atoms with Crippen LogP contribution in [0.15, 0.2) is 78.9 Å². The second-order valence-electron chi connectivity index (χ2n) is 9.19. The second kappa shape index (κ2) is 12.3. The SMILES string of the molecule is CN(C)c1cccc(OCC(=O)N2CCN(Cc3ccccc3)CCCNc3ccccc3C2)c1. The molecule has 3 aromatic carbocycles. The van der Waals surface area contributed by atoms with E-state index in [1.54, 1.807) is 0 Å². The molecule has 0 saturated heterocycles. The van der Waals surface area contributed by atoms with Gasteiger partial charge in [0.05, 0.1) is 0 Å². The van der Waals surface area contributed by atoms with Crippen molar-refractivity contribution < 1.29 is 9.53 Å². The molecular formula is C29H36N4O2. The molecule has 184 valence electrons. The van der Waals surface area contributed by atoms with Gasteiger partial charge in [-0.2, -0.15) is 0 Å². The van der Waals surface area contributed by atoms with E-state index < -0.39 is 0 Å². The maximum Gasteiger partial charge on any atom is 0.260 e. The number of ether oxygens (including phenoxy) is 1. The Labute approximate surface area is 209 Å². The molecule has 4 rings (SSSR count). The van der Waals surface area contributed by atoms with Crippen LogP contribution in [-0.2, 0) is 17.9 Å². The average Bonchev–Trinajstić information content (AvgIpc) is 2.92. The molecule has 6 heteroatoms. The van der Waals surface area contributed by atoms with Crippen LogP contribution in [0, 0.1) is 0 Å². The van der Waals surface area contributed by atoms with E-state index in [9.17, 15) is 4.79 Å². The molecule has 0 unspecified atom stereocenters. The van der Waals surface area contributed by atoms with E-state index in [2.05, 4.69) is 46.6 Å². The summed E-state index contributed by atoms with van der Waals surface area (Å²) in [5.74, 6) is 0.698. The number of hydrogen-bond donors (Lipinski definition) is 1. The van der Waals surface area contributed by atoms with Gasteiger partial charge in [0.15, 0.2) is 6.61 Å². The summed E-state index contributed by atoms with van der Waals surface area (Å²) < 4.78 is 5.93. The zero-order valence-corrected chi connectivity index (χ0v) is 20.8. The maximum atomic E-state index is 13.4. The highest BCUT2D eigenvalue weighted by Gasteiger charge is 2.19. The number of para-hydroxylation sites is 1. The van der Waals surface area contributed by atoms with Crippen molar-refractivity contribution in [2.45, 2.75) is 19.5 Å². The predicted molar refractivity (Wildman–Crippen MR) is 143 cm³/mol. The van der Waals surface area contributed by atoms with Gasteiger partial charge in [-0.15, -0.1) is 0 Å². The van der Waals surface area contributed by atoms with Crippen LogP contribution in [0.3, 0.4) is 0 Å². The van der Waals surface area contributed by atoms with E-state index in [4.69, 9.17) is 4.74 Å². The van der Waals surface area contributed by atoms with E-state index >= 15 is 0 Å². The molecular weight excluding hydrogens is 436 g/mol. The molecule has 0 atom stereocenters. The third-order valence-corrected chi connectivity index (χ3v) is 6.33. The Morgan fingerprint density at radius 2 is 1.74 bits per heavy atom. The van der Waals surface area contributed by atoms with E-state index in [-0.39, 0.29) is 12.5 Å². The van der Waals surface area contributed by atoms with E-state index in [0.717, 1.165) is 49.5 Å². The number of nitrogens with zero attached hydrogens (tertiary/aromatic N) is 3. The normalized spacial score (nSPS) is 14.9. The fourth-order valence-corrected chi connectivity index (χ4v) is 4.32. The molecule has 1 amide bonds. The number of rotatable bonds is 6. The van der Waals surface area contributed by atoms with Crippen molar-refractivity contribution in [2.75, 3.05) is 57.1 Å². The molecule has 0 saturated carbocycles. The first kappa shape index (κ1) is 24.6. The highest BCUT2D eigenvalue weighted by Crippen LogP contribution is 2.21. The Hall–Kier alpha value is -3.51. The summed E-state index contributed by atoms with van der Waals surface area (Å²) in [6, 6.07) is 26.6. The minimum atomic E-state index is -0.00559. The van der Waals surface area contributed by atoms with Gasteiger partial charge in [-0.25, -0.2) is 0 Å². The summed E-state index contributed by atoms with van der Waals surface area (Å²) in [5, 5.41) is 3.58. The lowest BCUT2D eigenvalue weighted by molar-refractivity contribution is -0.134.